The maximum absolute atomic E-state index is 12.8. The third kappa shape index (κ3) is 1.21. The van der Waals surface area contributed by atoms with Crippen LogP contribution in [0, 0.1) is 11.6 Å². The number of hydrogen-bond acceptors (Lipinski definition) is 2. The predicted molar refractivity (Wildman–Crippen MR) is 44.8 cm³/mol. The van der Waals surface area contributed by atoms with Crippen molar-refractivity contribution in [3.63, 3.8) is 0 Å². The number of amides is 1. The number of anilines is 1. The molecule has 0 aromatic heterocycles. The van der Waals surface area contributed by atoms with Gasteiger partial charge in [-0.3, -0.25) is 0 Å². The van der Waals surface area contributed by atoms with Gasteiger partial charge in [-0.1, -0.05) is 0 Å². The smallest absolute Gasteiger partial charge is 0.419 e. The van der Waals surface area contributed by atoms with Crippen molar-refractivity contribution in [1.29, 1.82) is 0 Å². The molecule has 1 aliphatic heterocycles. The maximum atomic E-state index is 12.8. The molecule has 1 heterocycles. The summed E-state index contributed by atoms with van der Waals surface area (Å²) >= 11 is 0. The summed E-state index contributed by atoms with van der Waals surface area (Å²) < 4.78 is 30.0. The minimum Gasteiger partial charge on any atom is -0.425 e. The first-order valence-electron chi connectivity index (χ1n) is 4.04. The fourth-order valence-corrected chi connectivity index (χ4v) is 1.30. The Bertz CT molecular complexity index is 394. The van der Waals surface area contributed by atoms with E-state index in [1.54, 1.807) is 6.92 Å². The van der Waals surface area contributed by atoms with Crippen molar-refractivity contribution in [2.45, 2.75) is 13.2 Å². The van der Waals surface area contributed by atoms with Gasteiger partial charge in [-0.05, 0) is 19.1 Å². The van der Waals surface area contributed by atoms with Crippen LogP contribution in [0.1, 0.15) is 6.92 Å². The number of nitrogens with zero attached hydrogens (tertiary/aromatic N) is 1. The largest absolute Gasteiger partial charge is 0.425 e. The second-order valence-corrected chi connectivity index (χ2v) is 2.95. The molecule has 1 saturated heterocycles. The van der Waals surface area contributed by atoms with Crippen molar-refractivity contribution in [2.24, 2.45) is 0 Å². The number of carbonyl (C=O) groups is 1. The summed E-state index contributed by atoms with van der Waals surface area (Å²) in [6, 6.07) is 3.27. The lowest BCUT2D eigenvalue weighted by atomic mass is 10.2. The highest BCUT2D eigenvalue weighted by atomic mass is 19.2. The second kappa shape index (κ2) is 2.94. The first-order chi connectivity index (χ1) is 6.59. The van der Waals surface area contributed by atoms with Crippen LogP contribution < -0.4 is 4.90 Å². The Morgan fingerprint density at radius 3 is 2.57 bits per heavy atom. The second-order valence-electron chi connectivity index (χ2n) is 2.95. The van der Waals surface area contributed by atoms with Crippen LogP contribution in [0.2, 0.25) is 0 Å². The summed E-state index contributed by atoms with van der Waals surface area (Å²) in [5.41, 5.74) is 0.299. The van der Waals surface area contributed by atoms with Crippen molar-refractivity contribution in [1.82, 2.24) is 0 Å². The number of hydrogen-bond donors (Lipinski definition) is 0. The fraction of sp³-hybridized carbons (Fsp3) is 0.222. The van der Waals surface area contributed by atoms with Gasteiger partial charge in [0.25, 0.3) is 0 Å². The zero-order valence-corrected chi connectivity index (χ0v) is 7.33. The number of halogens is 2. The van der Waals surface area contributed by atoms with E-state index < -0.39 is 24.0 Å². The van der Waals surface area contributed by atoms with Crippen LogP contribution in [0.15, 0.2) is 18.2 Å². The van der Waals surface area contributed by atoms with Gasteiger partial charge in [0.05, 0.1) is 5.69 Å². The molecule has 0 bridgehead atoms. The van der Waals surface area contributed by atoms with Crippen molar-refractivity contribution < 1.29 is 18.3 Å². The van der Waals surface area contributed by atoms with Gasteiger partial charge in [0, 0.05) is 6.07 Å². The monoisotopic (exact) mass is 199 g/mol. The fourth-order valence-electron chi connectivity index (χ4n) is 1.30. The standard InChI is InChI=1S/C9H7F2NO2/c1-5-12(9(13)14-5)6-2-3-7(10)8(11)4-6/h2-5H,1H3. The van der Waals surface area contributed by atoms with Gasteiger partial charge in [-0.25, -0.2) is 18.5 Å². The number of ether oxygens (including phenoxy) is 1. The SMILES string of the molecule is CC1OC(=O)N1c1ccc(F)c(F)c1. The molecule has 1 fully saturated rings. The highest BCUT2D eigenvalue weighted by Gasteiger charge is 2.36. The molecule has 1 aromatic carbocycles. The minimum atomic E-state index is -0.977. The summed E-state index contributed by atoms with van der Waals surface area (Å²) in [5, 5.41) is 0. The molecule has 0 saturated carbocycles. The van der Waals surface area contributed by atoms with Crippen molar-refractivity contribution in [3.05, 3.63) is 29.8 Å². The molecule has 1 aromatic rings. The molecule has 74 valence electrons. The Morgan fingerprint density at radius 1 is 1.36 bits per heavy atom. The predicted octanol–water partition coefficient (Wildman–Crippen LogP) is 2.27. The first kappa shape index (κ1) is 8.93. The van der Waals surface area contributed by atoms with E-state index in [0.717, 1.165) is 12.1 Å². The highest BCUT2D eigenvalue weighted by molar-refractivity contribution is 5.92. The van der Waals surface area contributed by atoms with E-state index in [1.807, 2.05) is 0 Å². The lowest BCUT2D eigenvalue weighted by Crippen LogP contribution is -2.53. The molecule has 0 radical (unpaired) electrons. The minimum absolute atomic E-state index is 0.299. The Balaban J connectivity index is 2.33. The summed E-state index contributed by atoms with van der Waals surface area (Å²) in [6.45, 7) is 1.64. The summed E-state index contributed by atoms with van der Waals surface area (Å²) in [6.07, 6.45) is -0.976. The van der Waals surface area contributed by atoms with Crippen LogP contribution in [0.25, 0.3) is 0 Å². The van der Waals surface area contributed by atoms with E-state index >= 15 is 0 Å². The average Bonchev–Trinajstić information content (AvgIpc) is 2.11. The number of rotatable bonds is 1. The molecule has 1 unspecified atom stereocenters. The zero-order chi connectivity index (χ0) is 10.3. The van der Waals surface area contributed by atoms with E-state index in [1.165, 1.54) is 11.0 Å². The third-order valence-corrected chi connectivity index (χ3v) is 2.01. The van der Waals surface area contributed by atoms with Crippen LogP contribution in [0.4, 0.5) is 19.3 Å². The number of carbonyl (C=O) groups excluding carboxylic acids is 1. The van der Waals surface area contributed by atoms with Crippen molar-refractivity contribution in [2.75, 3.05) is 4.90 Å². The van der Waals surface area contributed by atoms with Gasteiger partial charge >= 0.3 is 6.09 Å². The van der Waals surface area contributed by atoms with Crippen molar-refractivity contribution in [3.8, 4) is 0 Å². The Morgan fingerprint density at radius 2 is 2.07 bits per heavy atom. The van der Waals surface area contributed by atoms with Gasteiger partial charge in [0.1, 0.15) is 0 Å². The molecule has 2 rings (SSSR count). The molecule has 0 aliphatic carbocycles. The zero-order valence-electron chi connectivity index (χ0n) is 7.33. The van der Waals surface area contributed by atoms with Crippen LogP contribution in [-0.4, -0.2) is 12.3 Å². The first-order valence-corrected chi connectivity index (χ1v) is 4.04. The van der Waals surface area contributed by atoms with Gasteiger partial charge in [-0.2, -0.15) is 0 Å². The van der Waals surface area contributed by atoms with Gasteiger partial charge < -0.3 is 4.74 Å². The van der Waals surface area contributed by atoms with E-state index in [2.05, 4.69) is 4.74 Å². The molecule has 1 aliphatic rings. The normalized spacial score (nSPS) is 20.4. The molecule has 0 spiro atoms. The van der Waals surface area contributed by atoms with Crippen LogP contribution in [0.3, 0.4) is 0 Å². The molecule has 14 heavy (non-hydrogen) atoms. The quantitative estimate of drug-likeness (QED) is 0.694. The molecular formula is C9H7F2NO2. The Labute approximate surface area is 78.9 Å². The lowest BCUT2D eigenvalue weighted by molar-refractivity contribution is 0.0545. The molecule has 3 nitrogen and oxygen atoms in total. The molecule has 1 atom stereocenters. The van der Waals surface area contributed by atoms with Crippen molar-refractivity contribution >= 4 is 11.8 Å². The molecule has 5 heteroatoms. The van der Waals surface area contributed by atoms with Crippen LogP contribution in [0.5, 0.6) is 0 Å². The number of benzene rings is 1. The van der Waals surface area contributed by atoms with E-state index in [0.29, 0.717) is 5.69 Å². The van der Waals surface area contributed by atoms with Crippen LogP contribution in [-0.2, 0) is 4.74 Å². The van der Waals surface area contributed by atoms with E-state index in [9.17, 15) is 13.6 Å². The maximum Gasteiger partial charge on any atom is 0.419 e. The molecular weight excluding hydrogens is 192 g/mol. The molecule has 1 amide bonds. The summed E-state index contributed by atoms with van der Waals surface area (Å²) in [4.78, 5) is 12.2. The summed E-state index contributed by atoms with van der Waals surface area (Å²) in [7, 11) is 0. The highest BCUT2D eigenvalue weighted by Crippen LogP contribution is 2.27. The topological polar surface area (TPSA) is 29.5 Å². The van der Waals surface area contributed by atoms with E-state index in [-0.39, 0.29) is 0 Å². The Kier molecular flexibility index (Phi) is 1.87. The van der Waals surface area contributed by atoms with E-state index in [4.69, 9.17) is 0 Å². The van der Waals surface area contributed by atoms with Gasteiger partial charge in [-0.15, -0.1) is 0 Å². The summed E-state index contributed by atoms with van der Waals surface area (Å²) in [5.74, 6) is -1.91. The molecule has 0 N–H and O–H groups in total. The Hall–Kier alpha value is -1.65. The van der Waals surface area contributed by atoms with Gasteiger partial charge in [0.15, 0.2) is 17.9 Å². The number of cyclic esters (lactones) is 1. The lowest BCUT2D eigenvalue weighted by Gasteiger charge is -2.37. The third-order valence-electron chi connectivity index (χ3n) is 2.01. The average molecular weight is 199 g/mol. The van der Waals surface area contributed by atoms with Gasteiger partial charge in [0.2, 0.25) is 0 Å². The van der Waals surface area contributed by atoms with Crippen LogP contribution >= 0.6 is 0 Å².